The summed E-state index contributed by atoms with van der Waals surface area (Å²) in [6.07, 6.45) is 5.28. The van der Waals surface area contributed by atoms with Gasteiger partial charge in [0, 0.05) is 43.9 Å². The summed E-state index contributed by atoms with van der Waals surface area (Å²) in [4.78, 5) is 39.5. The molecule has 5 rings (SSSR count). The number of imidazole rings is 1. The average molecular weight is 464 g/mol. The van der Waals surface area contributed by atoms with Crippen LogP contribution in [0.25, 0.3) is 11.0 Å². The van der Waals surface area contributed by atoms with Gasteiger partial charge < -0.3 is 15.2 Å². The first kappa shape index (κ1) is 21.9. The normalized spacial score (nSPS) is 19.1. The number of fused-ring (bicyclic) bond motifs is 1. The lowest BCUT2D eigenvalue weighted by molar-refractivity contribution is -0.130. The van der Waals surface area contributed by atoms with Crippen LogP contribution in [-0.4, -0.2) is 57.1 Å². The van der Waals surface area contributed by atoms with Crippen LogP contribution in [0.3, 0.4) is 0 Å². The summed E-state index contributed by atoms with van der Waals surface area (Å²) in [6, 6.07) is 11.9. The third-order valence-electron chi connectivity index (χ3n) is 6.97. The second-order valence-electron chi connectivity index (χ2n) is 9.21. The van der Waals surface area contributed by atoms with Crippen molar-refractivity contribution in [3.05, 3.63) is 53.9 Å². The largest absolute Gasteiger partial charge is 0.355 e. The first-order valence-corrected chi connectivity index (χ1v) is 12.6. The number of aromatic nitrogens is 3. The molecule has 0 radical (unpaired) electrons. The Hall–Kier alpha value is -2.87. The molecule has 8 heteroatoms. The minimum atomic E-state index is 0.0897. The van der Waals surface area contributed by atoms with E-state index < -0.39 is 0 Å². The summed E-state index contributed by atoms with van der Waals surface area (Å²) in [5, 5.41) is 3.86. The van der Waals surface area contributed by atoms with Crippen LogP contribution in [0, 0.1) is 18.3 Å². The molecule has 1 aromatic carbocycles. The highest BCUT2D eigenvalue weighted by Crippen LogP contribution is 2.59. The van der Waals surface area contributed by atoms with E-state index in [-0.39, 0.29) is 23.1 Å². The number of aryl methyl sites for hydroxylation is 1. The van der Waals surface area contributed by atoms with Crippen molar-refractivity contribution in [2.75, 3.05) is 25.4 Å². The average Bonchev–Trinajstić information content (AvgIpc) is 3.37. The Morgan fingerprint density at radius 1 is 1.24 bits per heavy atom. The maximum absolute atomic E-state index is 12.7. The van der Waals surface area contributed by atoms with Crippen LogP contribution in [0.1, 0.15) is 30.5 Å². The van der Waals surface area contributed by atoms with E-state index in [1.54, 1.807) is 6.20 Å². The summed E-state index contributed by atoms with van der Waals surface area (Å²) in [6.45, 7) is 4.13. The number of hydrogen-bond donors (Lipinski definition) is 2. The van der Waals surface area contributed by atoms with E-state index in [1.807, 2.05) is 35.2 Å². The summed E-state index contributed by atoms with van der Waals surface area (Å²) in [5.41, 5.74) is 4.19. The second-order valence-corrected chi connectivity index (χ2v) is 10.2. The number of hydrogen-bond acceptors (Lipinski definition) is 5. The van der Waals surface area contributed by atoms with Gasteiger partial charge in [0.25, 0.3) is 0 Å². The number of carbonyl (C=O) groups excluding carboxylic acids is 2. The Kier molecular flexibility index (Phi) is 6.10. The molecule has 2 N–H and O–H groups in total. The van der Waals surface area contributed by atoms with Gasteiger partial charge in [0.15, 0.2) is 5.16 Å². The number of aromatic amines is 1. The molecule has 1 saturated carbocycles. The van der Waals surface area contributed by atoms with Crippen LogP contribution < -0.4 is 5.32 Å². The number of amides is 2. The van der Waals surface area contributed by atoms with Gasteiger partial charge in [-0.15, -0.1) is 0 Å². The highest BCUT2D eigenvalue weighted by molar-refractivity contribution is 7.99. The number of piperidine rings is 1. The lowest BCUT2D eigenvalue weighted by Crippen LogP contribution is -2.41. The van der Waals surface area contributed by atoms with Crippen LogP contribution in [0.4, 0.5) is 0 Å². The first-order valence-electron chi connectivity index (χ1n) is 11.6. The number of H-pyrrole nitrogens is 1. The molecule has 1 aliphatic carbocycles. The summed E-state index contributed by atoms with van der Waals surface area (Å²) < 4.78 is 0. The van der Waals surface area contributed by atoms with Crippen LogP contribution in [0.15, 0.2) is 47.8 Å². The Labute approximate surface area is 197 Å². The van der Waals surface area contributed by atoms with Crippen molar-refractivity contribution in [3.8, 4) is 0 Å². The van der Waals surface area contributed by atoms with E-state index in [0.717, 1.165) is 60.7 Å². The van der Waals surface area contributed by atoms with E-state index in [0.29, 0.717) is 12.3 Å². The second kappa shape index (κ2) is 9.17. The highest BCUT2D eigenvalue weighted by Gasteiger charge is 2.58. The lowest BCUT2D eigenvalue weighted by atomic mass is 9.90. The molecule has 0 bridgehead atoms. The fraction of sp³-hybridized carbons (Fsp3) is 0.440. The third kappa shape index (κ3) is 4.90. The number of likely N-dealkylation sites (tertiary alicyclic amines) is 1. The Balaban J connectivity index is 1.05. The Bertz CT molecular complexity index is 1150. The van der Waals surface area contributed by atoms with Crippen molar-refractivity contribution in [3.63, 3.8) is 0 Å². The predicted octanol–water partition coefficient (Wildman–Crippen LogP) is 3.35. The van der Waals surface area contributed by atoms with Gasteiger partial charge >= 0.3 is 0 Å². The monoisotopic (exact) mass is 463 g/mol. The number of nitrogens with zero attached hydrogens (tertiary/aromatic N) is 3. The van der Waals surface area contributed by atoms with Crippen LogP contribution in [0.5, 0.6) is 0 Å². The molecule has 2 fully saturated rings. The van der Waals surface area contributed by atoms with Gasteiger partial charge in [-0.3, -0.25) is 14.6 Å². The van der Waals surface area contributed by atoms with Gasteiger partial charge in [-0.05, 0) is 61.4 Å². The van der Waals surface area contributed by atoms with Crippen molar-refractivity contribution in [1.29, 1.82) is 0 Å². The number of benzene rings is 1. The van der Waals surface area contributed by atoms with E-state index in [4.69, 9.17) is 0 Å². The fourth-order valence-corrected chi connectivity index (χ4v) is 5.63. The maximum atomic E-state index is 12.7. The van der Waals surface area contributed by atoms with Crippen LogP contribution >= 0.6 is 11.8 Å². The van der Waals surface area contributed by atoms with Gasteiger partial charge in [-0.25, -0.2) is 4.98 Å². The topological polar surface area (TPSA) is 91.0 Å². The van der Waals surface area contributed by atoms with Crippen molar-refractivity contribution in [1.82, 2.24) is 25.2 Å². The summed E-state index contributed by atoms with van der Waals surface area (Å²) >= 11 is 1.45. The number of pyridine rings is 1. The molecule has 1 atom stereocenters. The molecule has 7 nitrogen and oxygen atoms in total. The zero-order valence-electron chi connectivity index (χ0n) is 18.8. The molecular formula is C25H29N5O2S. The quantitative estimate of drug-likeness (QED) is 0.525. The molecule has 2 aromatic heterocycles. The Morgan fingerprint density at radius 3 is 2.88 bits per heavy atom. The SMILES string of the molecule is Cc1ccc2nc(SCC(=O)N3CCC4(CC3)CC4C(=O)NCCc3ccccn3)[nH]c2c1. The molecule has 172 valence electrons. The minimum Gasteiger partial charge on any atom is -0.355 e. The Morgan fingerprint density at radius 2 is 2.09 bits per heavy atom. The van der Waals surface area contributed by atoms with E-state index in [9.17, 15) is 9.59 Å². The van der Waals surface area contributed by atoms with E-state index in [1.165, 1.54) is 17.3 Å². The predicted molar refractivity (Wildman–Crippen MR) is 129 cm³/mol. The van der Waals surface area contributed by atoms with Crippen LogP contribution in [-0.2, 0) is 16.0 Å². The maximum Gasteiger partial charge on any atom is 0.233 e. The van der Waals surface area contributed by atoms with Crippen molar-refractivity contribution in [2.24, 2.45) is 11.3 Å². The third-order valence-corrected chi connectivity index (χ3v) is 7.83. The van der Waals surface area contributed by atoms with Crippen molar-refractivity contribution >= 4 is 34.6 Å². The van der Waals surface area contributed by atoms with Crippen molar-refractivity contribution < 1.29 is 9.59 Å². The molecule has 3 heterocycles. The first-order chi connectivity index (χ1) is 16.0. The molecule has 1 unspecified atom stereocenters. The molecule has 2 aliphatic rings. The highest BCUT2D eigenvalue weighted by atomic mass is 32.2. The number of nitrogens with one attached hydrogen (secondary N) is 2. The molecule has 1 saturated heterocycles. The molecule has 33 heavy (non-hydrogen) atoms. The van der Waals surface area contributed by atoms with E-state index in [2.05, 4.69) is 33.3 Å². The number of thioether (sulfide) groups is 1. The smallest absolute Gasteiger partial charge is 0.233 e. The molecule has 2 amide bonds. The number of carbonyl (C=O) groups is 2. The molecule has 1 aliphatic heterocycles. The molecule has 3 aromatic rings. The lowest BCUT2D eigenvalue weighted by Gasteiger charge is -2.32. The van der Waals surface area contributed by atoms with Gasteiger partial charge in [-0.1, -0.05) is 23.9 Å². The van der Waals surface area contributed by atoms with Crippen LogP contribution in [0.2, 0.25) is 0 Å². The van der Waals surface area contributed by atoms with Gasteiger partial charge in [0.1, 0.15) is 0 Å². The molecular weight excluding hydrogens is 434 g/mol. The van der Waals surface area contributed by atoms with E-state index >= 15 is 0 Å². The zero-order chi connectivity index (χ0) is 22.8. The van der Waals surface area contributed by atoms with Gasteiger partial charge in [0.05, 0.1) is 16.8 Å². The minimum absolute atomic E-state index is 0.0897. The summed E-state index contributed by atoms with van der Waals surface area (Å²) in [5.74, 6) is 0.764. The van der Waals surface area contributed by atoms with Crippen molar-refractivity contribution in [2.45, 2.75) is 37.8 Å². The number of rotatable bonds is 7. The summed E-state index contributed by atoms with van der Waals surface area (Å²) in [7, 11) is 0. The molecule has 1 spiro atoms. The fourth-order valence-electron chi connectivity index (χ4n) is 4.85. The van der Waals surface area contributed by atoms with Gasteiger partial charge in [0.2, 0.25) is 11.8 Å². The zero-order valence-corrected chi connectivity index (χ0v) is 19.7. The van der Waals surface area contributed by atoms with Gasteiger partial charge in [-0.2, -0.15) is 0 Å². The standard InChI is InChI=1S/C25H29N5O2S/c1-17-5-6-20-21(14-17)29-24(28-20)33-16-22(31)30-12-8-25(9-13-30)15-19(25)23(32)27-11-7-18-4-2-3-10-26-18/h2-6,10,14,19H,7-9,11-13,15-16H2,1H3,(H,27,32)(H,28,29).